The molecule has 0 radical (unpaired) electrons. The van der Waals surface area contributed by atoms with Crippen molar-refractivity contribution in [3.05, 3.63) is 46.4 Å². The number of benzene rings is 1. The van der Waals surface area contributed by atoms with Crippen molar-refractivity contribution in [2.75, 3.05) is 5.32 Å². The molecule has 3 nitrogen and oxygen atoms in total. The summed E-state index contributed by atoms with van der Waals surface area (Å²) >= 11 is 5.88. The van der Waals surface area contributed by atoms with Crippen LogP contribution in [-0.2, 0) is 6.54 Å². The third kappa shape index (κ3) is 2.77. The van der Waals surface area contributed by atoms with E-state index in [0.29, 0.717) is 23.1 Å². The lowest BCUT2D eigenvalue weighted by Crippen LogP contribution is -2.00. The minimum Gasteiger partial charge on any atom is -0.444 e. The van der Waals surface area contributed by atoms with Gasteiger partial charge in [-0.3, -0.25) is 0 Å². The zero-order valence-electron chi connectivity index (χ0n) is 9.55. The topological polar surface area (TPSA) is 38.1 Å². The average molecular weight is 255 g/mol. The van der Waals surface area contributed by atoms with Gasteiger partial charge in [-0.05, 0) is 32.0 Å². The standard InChI is InChI=1S/C12H12ClFN2O/c1-7-8(2)17-12(16-7)6-15-11-4-3-9(14)5-10(11)13/h3-5,15H,6H2,1-2H3. The zero-order chi connectivity index (χ0) is 12.4. The molecule has 1 N–H and O–H groups in total. The Bertz CT molecular complexity index is 520. The Labute approximate surface area is 104 Å². The van der Waals surface area contributed by atoms with Crippen molar-refractivity contribution in [2.24, 2.45) is 0 Å². The van der Waals surface area contributed by atoms with Gasteiger partial charge in [0.05, 0.1) is 22.9 Å². The first-order valence-electron chi connectivity index (χ1n) is 5.18. The molecule has 0 amide bonds. The summed E-state index contributed by atoms with van der Waals surface area (Å²) in [6, 6.07) is 4.19. The Morgan fingerprint density at radius 3 is 2.76 bits per heavy atom. The molecule has 0 aliphatic heterocycles. The molecule has 1 aromatic carbocycles. The van der Waals surface area contributed by atoms with E-state index in [1.54, 1.807) is 6.07 Å². The van der Waals surface area contributed by atoms with Gasteiger partial charge < -0.3 is 9.73 Å². The first-order valence-corrected chi connectivity index (χ1v) is 5.56. The summed E-state index contributed by atoms with van der Waals surface area (Å²) in [5.74, 6) is 1.02. The van der Waals surface area contributed by atoms with E-state index >= 15 is 0 Å². The maximum absolute atomic E-state index is 12.8. The van der Waals surface area contributed by atoms with Crippen LogP contribution in [-0.4, -0.2) is 4.98 Å². The molecule has 0 unspecified atom stereocenters. The van der Waals surface area contributed by atoms with Crippen LogP contribution in [0.2, 0.25) is 5.02 Å². The van der Waals surface area contributed by atoms with Gasteiger partial charge in [0, 0.05) is 0 Å². The number of anilines is 1. The smallest absolute Gasteiger partial charge is 0.213 e. The number of nitrogens with zero attached hydrogens (tertiary/aromatic N) is 1. The lowest BCUT2D eigenvalue weighted by molar-refractivity contribution is 0.478. The van der Waals surface area contributed by atoms with Gasteiger partial charge in [-0.1, -0.05) is 11.6 Å². The van der Waals surface area contributed by atoms with E-state index in [2.05, 4.69) is 10.3 Å². The van der Waals surface area contributed by atoms with Gasteiger partial charge in [0.2, 0.25) is 5.89 Å². The number of rotatable bonds is 3. The Morgan fingerprint density at radius 2 is 2.18 bits per heavy atom. The van der Waals surface area contributed by atoms with Crippen LogP contribution >= 0.6 is 11.6 Å². The summed E-state index contributed by atoms with van der Waals surface area (Å²) in [6.07, 6.45) is 0. The normalized spacial score (nSPS) is 10.6. The van der Waals surface area contributed by atoms with E-state index in [4.69, 9.17) is 16.0 Å². The van der Waals surface area contributed by atoms with Crippen LogP contribution in [0.15, 0.2) is 22.6 Å². The van der Waals surface area contributed by atoms with Crippen molar-refractivity contribution in [1.29, 1.82) is 0 Å². The molecule has 5 heteroatoms. The van der Waals surface area contributed by atoms with E-state index in [1.807, 2.05) is 13.8 Å². The Morgan fingerprint density at radius 1 is 1.41 bits per heavy atom. The fourth-order valence-electron chi connectivity index (χ4n) is 1.42. The number of halogens is 2. The van der Waals surface area contributed by atoms with Crippen molar-refractivity contribution in [3.63, 3.8) is 0 Å². The first-order chi connectivity index (χ1) is 8.06. The van der Waals surface area contributed by atoms with Crippen molar-refractivity contribution in [2.45, 2.75) is 20.4 Å². The van der Waals surface area contributed by atoms with Gasteiger partial charge in [-0.25, -0.2) is 9.37 Å². The molecule has 0 aliphatic carbocycles. The van der Waals surface area contributed by atoms with E-state index in [1.165, 1.54) is 12.1 Å². The van der Waals surface area contributed by atoms with Crippen LogP contribution in [0.25, 0.3) is 0 Å². The maximum Gasteiger partial charge on any atom is 0.213 e. The first kappa shape index (κ1) is 11.9. The van der Waals surface area contributed by atoms with E-state index < -0.39 is 0 Å². The highest BCUT2D eigenvalue weighted by atomic mass is 35.5. The number of aryl methyl sites for hydroxylation is 2. The molecule has 2 aromatic rings. The minimum absolute atomic E-state index is 0.338. The van der Waals surface area contributed by atoms with Crippen molar-refractivity contribution in [3.8, 4) is 0 Å². The molecule has 17 heavy (non-hydrogen) atoms. The van der Waals surface area contributed by atoms with Gasteiger partial charge >= 0.3 is 0 Å². The van der Waals surface area contributed by atoms with Gasteiger partial charge in [-0.15, -0.1) is 0 Å². The molecule has 0 spiro atoms. The summed E-state index contributed by atoms with van der Waals surface area (Å²) in [5, 5.41) is 3.38. The van der Waals surface area contributed by atoms with Gasteiger partial charge in [0.15, 0.2) is 0 Å². The monoisotopic (exact) mass is 254 g/mol. The van der Waals surface area contributed by atoms with E-state index in [9.17, 15) is 4.39 Å². The molecule has 0 atom stereocenters. The second-order valence-corrected chi connectivity index (χ2v) is 4.13. The molecule has 0 fully saturated rings. The van der Waals surface area contributed by atoms with Crippen LogP contribution in [0.3, 0.4) is 0 Å². The summed E-state index contributed by atoms with van der Waals surface area (Å²) in [7, 11) is 0. The minimum atomic E-state index is -0.358. The zero-order valence-corrected chi connectivity index (χ0v) is 10.3. The fraction of sp³-hybridized carbons (Fsp3) is 0.250. The molecule has 0 bridgehead atoms. The largest absolute Gasteiger partial charge is 0.444 e. The highest BCUT2D eigenvalue weighted by molar-refractivity contribution is 6.33. The third-order valence-corrected chi connectivity index (χ3v) is 2.75. The third-order valence-electron chi connectivity index (χ3n) is 2.43. The molecule has 2 rings (SSSR count). The molecule has 90 valence electrons. The average Bonchev–Trinajstić information content (AvgIpc) is 2.57. The van der Waals surface area contributed by atoms with Gasteiger partial charge in [-0.2, -0.15) is 0 Å². The Kier molecular flexibility index (Phi) is 3.33. The lowest BCUT2D eigenvalue weighted by atomic mass is 10.3. The molecule has 0 aliphatic rings. The molecule has 1 aromatic heterocycles. The predicted octanol–water partition coefficient (Wildman–Crippen LogP) is 3.70. The maximum atomic E-state index is 12.8. The fourth-order valence-corrected chi connectivity index (χ4v) is 1.65. The van der Waals surface area contributed by atoms with Crippen LogP contribution in [0, 0.1) is 19.7 Å². The molecule has 1 heterocycles. The van der Waals surface area contributed by atoms with Crippen LogP contribution in [0.1, 0.15) is 17.3 Å². The van der Waals surface area contributed by atoms with Crippen molar-refractivity contribution >= 4 is 17.3 Å². The SMILES string of the molecule is Cc1nc(CNc2ccc(F)cc2Cl)oc1C. The highest BCUT2D eigenvalue weighted by Gasteiger charge is 2.06. The van der Waals surface area contributed by atoms with E-state index in [0.717, 1.165) is 11.5 Å². The summed E-state index contributed by atoms with van der Waals surface area (Å²) < 4.78 is 18.2. The highest BCUT2D eigenvalue weighted by Crippen LogP contribution is 2.23. The second kappa shape index (κ2) is 4.75. The Balaban J connectivity index is 2.07. The Hall–Kier alpha value is -1.55. The quantitative estimate of drug-likeness (QED) is 0.908. The summed E-state index contributed by atoms with van der Waals surface area (Å²) in [6.45, 7) is 4.16. The van der Waals surface area contributed by atoms with E-state index in [-0.39, 0.29) is 5.82 Å². The summed E-state index contributed by atoms with van der Waals surface area (Å²) in [4.78, 5) is 4.23. The van der Waals surface area contributed by atoms with Crippen molar-refractivity contribution < 1.29 is 8.81 Å². The number of aromatic nitrogens is 1. The van der Waals surface area contributed by atoms with Gasteiger partial charge in [0.25, 0.3) is 0 Å². The number of oxazole rings is 1. The lowest BCUT2D eigenvalue weighted by Gasteiger charge is -2.05. The number of hydrogen-bond acceptors (Lipinski definition) is 3. The number of hydrogen-bond donors (Lipinski definition) is 1. The van der Waals surface area contributed by atoms with Crippen LogP contribution < -0.4 is 5.32 Å². The van der Waals surface area contributed by atoms with Crippen LogP contribution in [0.4, 0.5) is 10.1 Å². The molecular formula is C12H12ClFN2O. The van der Waals surface area contributed by atoms with Crippen LogP contribution in [0.5, 0.6) is 0 Å². The molecule has 0 saturated carbocycles. The molecular weight excluding hydrogens is 243 g/mol. The van der Waals surface area contributed by atoms with Crippen molar-refractivity contribution in [1.82, 2.24) is 4.98 Å². The van der Waals surface area contributed by atoms with Gasteiger partial charge in [0.1, 0.15) is 11.6 Å². The number of nitrogens with one attached hydrogen (secondary N) is 1. The second-order valence-electron chi connectivity index (χ2n) is 3.73. The molecule has 0 saturated heterocycles. The predicted molar refractivity (Wildman–Crippen MR) is 64.7 cm³/mol. The summed E-state index contributed by atoms with van der Waals surface area (Å²) in [5.41, 5.74) is 1.52.